The van der Waals surface area contributed by atoms with Crippen LogP contribution in [-0.2, 0) is 4.79 Å². The van der Waals surface area contributed by atoms with E-state index >= 15 is 0 Å². The first kappa shape index (κ1) is 17.2. The number of carbonyl (C=O) groups excluding carboxylic acids is 2. The second-order valence-electron chi connectivity index (χ2n) is 6.58. The summed E-state index contributed by atoms with van der Waals surface area (Å²) in [4.78, 5) is 25.9. The third-order valence-corrected chi connectivity index (χ3v) is 4.57. The molecule has 130 valence electrons. The highest BCUT2D eigenvalue weighted by molar-refractivity contribution is 6.52. The first-order valence-corrected chi connectivity index (χ1v) is 8.65. The zero-order valence-electron chi connectivity index (χ0n) is 15.0. The number of ether oxygens (including phenoxy) is 1. The van der Waals surface area contributed by atoms with Gasteiger partial charge in [-0.25, -0.2) is 0 Å². The number of ketones is 1. The molecule has 0 radical (unpaired) electrons. The second kappa shape index (κ2) is 7.09. The number of Topliss-reactive ketones (excluding diaryl/α,β-unsaturated/α-hetero) is 1. The van der Waals surface area contributed by atoms with Crippen LogP contribution in [0.15, 0.2) is 36.4 Å². The lowest BCUT2D eigenvalue weighted by Gasteiger charge is -2.18. The van der Waals surface area contributed by atoms with Gasteiger partial charge in [0, 0.05) is 6.54 Å². The molecule has 4 heteroatoms. The SMILES string of the molecule is Cc1ccc(C)c(OCCCCN2C(=O)C(=O)c3cccc(C)c32)c1. The van der Waals surface area contributed by atoms with E-state index in [1.54, 1.807) is 11.0 Å². The number of hydrogen-bond donors (Lipinski definition) is 0. The summed E-state index contributed by atoms with van der Waals surface area (Å²) >= 11 is 0. The van der Waals surface area contributed by atoms with Crippen LogP contribution in [0.3, 0.4) is 0 Å². The van der Waals surface area contributed by atoms with Crippen molar-refractivity contribution in [2.75, 3.05) is 18.1 Å². The van der Waals surface area contributed by atoms with Crippen LogP contribution in [0, 0.1) is 20.8 Å². The van der Waals surface area contributed by atoms with E-state index in [9.17, 15) is 9.59 Å². The Morgan fingerprint density at radius 2 is 1.76 bits per heavy atom. The van der Waals surface area contributed by atoms with Crippen LogP contribution in [0.5, 0.6) is 5.75 Å². The van der Waals surface area contributed by atoms with Crippen LogP contribution in [-0.4, -0.2) is 24.8 Å². The standard InChI is InChI=1S/C21H23NO3/c1-14-9-10-15(2)18(13-14)25-12-5-4-11-22-19-16(3)7-6-8-17(19)20(23)21(22)24/h6-10,13H,4-5,11-12H2,1-3H3. The molecule has 2 aromatic rings. The zero-order valence-corrected chi connectivity index (χ0v) is 15.0. The van der Waals surface area contributed by atoms with Crippen LogP contribution in [0.25, 0.3) is 0 Å². The van der Waals surface area contributed by atoms with Crippen molar-refractivity contribution < 1.29 is 14.3 Å². The maximum atomic E-state index is 12.2. The predicted octanol–water partition coefficient (Wildman–Crippen LogP) is 4.00. The Morgan fingerprint density at radius 1 is 0.960 bits per heavy atom. The number of hydrogen-bond acceptors (Lipinski definition) is 3. The van der Waals surface area contributed by atoms with E-state index in [-0.39, 0.29) is 0 Å². The van der Waals surface area contributed by atoms with Crippen LogP contribution in [0.2, 0.25) is 0 Å². The average Bonchev–Trinajstić information content (AvgIpc) is 2.83. The van der Waals surface area contributed by atoms with Gasteiger partial charge >= 0.3 is 0 Å². The number of anilines is 1. The molecular weight excluding hydrogens is 314 g/mol. The number of rotatable bonds is 6. The minimum atomic E-state index is -0.417. The Morgan fingerprint density at radius 3 is 2.56 bits per heavy atom. The Balaban J connectivity index is 1.56. The Bertz CT molecular complexity index is 826. The fourth-order valence-corrected chi connectivity index (χ4v) is 3.17. The number of para-hydroxylation sites is 1. The van der Waals surface area contributed by atoms with Gasteiger partial charge in [-0.1, -0.05) is 24.3 Å². The van der Waals surface area contributed by atoms with Gasteiger partial charge in [0.1, 0.15) is 5.75 Å². The minimum absolute atomic E-state index is 0.398. The van der Waals surface area contributed by atoms with Crippen molar-refractivity contribution in [2.45, 2.75) is 33.6 Å². The highest BCUT2D eigenvalue weighted by Gasteiger charge is 2.36. The van der Waals surface area contributed by atoms with E-state index in [0.717, 1.165) is 35.4 Å². The molecule has 1 aliphatic heterocycles. The highest BCUT2D eigenvalue weighted by atomic mass is 16.5. The predicted molar refractivity (Wildman–Crippen MR) is 98.5 cm³/mol. The third-order valence-electron chi connectivity index (χ3n) is 4.57. The molecule has 2 aromatic carbocycles. The number of fused-ring (bicyclic) bond motifs is 1. The molecule has 4 nitrogen and oxygen atoms in total. The van der Waals surface area contributed by atoms with Crippen LogP contribution >= 0.6 is 0 Å². The largest absolute Gasteiger partial charge is 0.493 e. The van der Waals surface area contributed by atoms with Crippen molar-refractivity contribution >= 4 is 17.4 Å². The summed E-state index contributed by atoms with van der Waals surface area (Å²) in [6, 6.07) is 11.6. The molecule has 0 aliphatic carbocycles. The first-order valence-electron chi connectivity index (χ1n) is 8.65. The van der Waals surface area contributed by atoms with Crippen molar-refractivity contribution in [3.8, 4) is 5.75 Å². The molecule has 1 heterocycles. The fourth-order valence-electron chi connectivity index (χ4n) is 3.17. The van der Waals surface area contributed by atoms with Gasteiger partial charge in [-0.15, -0.1) is 0 Å². The molecule has 0 N–H and O–H groups in total. The van der Waals surface area contributed by atoms with Gasteiger partial charge < -0.3 is 9.64 Å². The Hall–Kier alpha value is -2.62. The number of benzene rings is 2. The lowest BCUT2D eigenvalue weighted by Crippen LogP contribution is -2.31. The molecule has 1 aliphatic rings. The molecule has 3 rings (SSSR count). The molecule has 0 aromatic heterocycles. The quantitative estimate of drug-likeness (QED) is 0.591. The molecule has 0 saturated heterocycles. The van der Waals surface area contributed by atoms with Crippen LogP contribution < -0.4 is 9.64 Å². The summed E-state index contributed by atoms with van der Waals surface area (Å²) in [6.07, 6.45) is 1.62. The van der Waals surface area contributed by atoms with Crippen LogP contribution in [0.1, 0.15) is 39.9 Å². The van der Waals surface area contributed by atoms with Gasteiger partial charge in [0.2, 0.25) is 0 Å². The Labute approximate surface area is 148 Å². The Kier molecular flexibility index (Phi) is 4.88. The molecule has 0 spiro atoms. The lowest BCUT2D eigenvalue weighted by atomic mass is 10.1. The summed E-state index contributed by atoms with van der Waals surface area (Å²) < 4.78 is 5.85. The summed E-state index contributed by atoms with van der Waals surface area (Å²) in [5.41, 5.74) is 4.55. The van der Waals surface area contributed by atoms with Gasteiger partial charge in [0.05, 0.1) is 17.9 Å². The number of unbranched alkanes of at least 4 members (excludes halogenated alkanes) is 1. The number of aryl methyl sites for hydroxylation is 3. The number of nitrogens with zero attached hydrogens (tertiary/aromatic N) is 1. The van der Waals surface area contributed by atoms with Crippen LogP contribution in [0.4, 0.5) is 5.69 Å². The third kappa shape index (κ3) is 3.43. The molecular formula is C21H23NO3. The van der Waals surface area contributed by atoms with Crippen molar-refractivity contribution in [3.63, 3.8) is 0 Å². The monoisotopic (exact) mass is 337 g/mol. The summed E-state index contributed by atoms with van der Waals surface area (Å²) in [7, 11) is 0. The topological polar surface area (TPSA) is 46.6 Å². The number of carbonyl (C=O) groups is 2. The van der Waals surface area contributed by atoms with E-state index in [2.05, 4.69) is 12.1 Å². The molecule has 0 atom stereocenters. The van der Waals surface area contributed by atoms with E-state index in [0.29, 0.717) is 18.7 Å². The minimum Gasteiger partial charge on any atom is -0.493 e. The molecule has 25 heavy (non-hydrogen) atoms. The van der Waals surface area contributed by atoms with Gasteiger partial charge in [-0.05, 0) is 62.4 Å². The maximum Gasteiger partial charge on any atom is 0.299 e. The number of amides is 1. The van der Waals surface area contributed by atoms with Gasteiger partial charge in [-0.3, -0.25) is 9.59 Å². The molecule has 0 fully saturated rings. The van der Waals surface area contributed by atoms with Crippen molar-refractivity contribution in [1.82, 2.24) is 0 Å². The first-order chi connectivity index (χ1) is 12.0. The van der Waals surface area contributed by atoms with Gasteiger partial charge in [0.15, 0.2) is 0 Å². The van der Waals surface area contributed by atoms with Gasteiger partial charge in [-0.2, -0.15) is 0 Å². The van der Waals surface area contributed by atoms with E-state index < -0.39 is 11.7 Å². The van der Waals surface area contributed by atoms with Crippen molar-refractivity contribution in [1.29, 1.82) is 0 Å². The van der Waals surface area contributed by atoms with E-state index in [4.69, 9.17) is 4.74 Å². The molecule has 0 saturated carbocycles. The zero-order chi connectivity index (χ0) is 18.0. The molecule has 0 unspecified atom stereocenters. The second-order valence-corrected chi connectivity index (χ2v) is 6.58. The summed E-state index contributed by atoms with van der Waals surface area (Å²) in [6.45, 7) is 7.14. The molecule has 0 bridgehead atoms. The van der Waals surface area contributed by atoms with Gasteiger partial charge in [0.25, 0.3) is 11.7 Å². The fraction of sp³-hybridized carbons (Fsp3) is 0.333. The van der Waals surface area contributed by atoms with E-state index in [1.165, 1.54) is 5.56 Å². The summed E-state index contributed by atoms with van der Waals surface area (Å²) in [5.74, 6) is 0.0960. The van der Waals surface area contributed by atoms with Crippen molar-refractivity contribution in [3.05, 3.63) is 58.7 Å². The maximum absolute atomic E-state index is 12.2. The summed E-state index contributed by atoms with van der Waals surface area (Å²) in [5, 5.41) is 0. The lowest BCUT2D eigenvalue weighted by molar-refractivity contribution is -0.114. The smallest absolute Gasteiger partial charge is 0.299 e. The molecule has 1 amide bonds. The van der Waals surface area contributed by atoms with E-state index in [1.807, 2.05) is 39.0 Å². The average molecular weight is 337 g/mol. The normalized spacial score (nSPS) is 13.3. The van der Waals surface area contributed by atoms with Crippen molar-refractivity contribution in [2.24, 2.45) is 0 Å². The highest BCUT2D eigenvalue weighted by Crippen LogP contribution is 2.32.